The molecule has 0 aliphatic rings. The second-order valence-electron chi connectivity index (χ2n) is 4.74. The van der Waals surface area contributed by atoms with Crippen LogP contribution in [0.4, 0.5) is 0 Å². The summed E-state index contributed by atoms with van der Waals surface area (Å²) in [6.45, 7) is 3.90. The van der Waals surface area contributed by atoms with Crippen LogP contribution in [0.3, 0.4) is 0 Å². The molecule has 0 radical (unpaired) electrons. The average Bonchev–Trinajstić information content (AvgIpc) is 2.43. The van der Waals surface area contributed by atoms with E-state index in [4.69, 9.17) is 15.1 Å². The van der Waals surface area contributed by atoms with Gasteiger partial charge in [0.15, 0.2) is 0 Å². The maximum atomic E-state index is 11.7. The molecule has 6 heteroatoms. The number of nitrogens with zero attached hydrogens (tertiary/aromatic N) is 1. The Morgan fingerprint density at radius 2 is 2.10 bits per heavy atom. The molecule has 0 saturated heterocycles. The van der Waals surface area contributed by atoms with E-state index in [0.29, 0.717) is 0 Å². The van der Waals surface area contributed by atoms with Crippen LogP contribution < -0.4 is 0 Å². The first-order valence-corrected chi connectivity index (χ1v) is 6.20. The predicted octanol–water partition coefficient (Wildman–Crippen LogP) is 2.20. The van der Waals surface area contributed by atoms with Crippen LogP contribution in [0.25, 0.3) is 6.08 Å². The Kier molecular flexibility index (Phi) is 5.49. The lowest BCUT2D eigenvalue weighted by Gasteiger charge is -2.06. The zero-order valence-corrected chi connectivity index (χ0v) is 11.7. The molecule has 2 N–H and O–H groups in total. The highest BCUT2D eigenvalue weighted by Crippen LogP contribution is 2.22. The number of benzene rings is 1. The van der Waals surface area contributed by atoms with Crippen LogP contribution in [0, 0.1) is 17.2 Å². The quantitative estimate of drug-likeness (QED) is 0.488. The van der Waals surface area contributed by atoms with Gasteiger partial charge in [0.2, 0.25) is 0 Å². The van der Waals surface area contributed by atoms with Crippen molar-refractivity contribution in [1.29, 1.82) is 5.26 Å². The van der Waals surface area contributed by atoms with E-state index < -0.39 is 11.9 Å². The van der Waals surface area contributed by atoms with Gasteiger partial charge >= 0.3 is 11.9 Å². The number of carbonyl (C=O) groups excluding carboxylic acids is 1. The van der Waals surface area contributed by atoms with Crippen molar-refractivity contribution in [2.45, 2.75) is 13.8 Å². The third-order valence-electron chi connectivity index (χ3n) is 2.47. The Balaban J connectivity index is 3.01. The molecular weight excluding hydrogens is 274 g/mol. The smallest absolute Gasteiger partial charge is 0.348 e. The standard InChI is InChI=1S/C15H15NO5/c1-9(2)8-21-15(20)12(7-16)5-10-3-4-11(14(18)19)6-13(10)17/h3-6,9,17H,8H2,1-2H3,(H,18,19). The minimum absolute atomic E-state index is 0.0921. The summed E-state index contributed by atoms with van der Waals surface area (Å²) in [7, 11) is 0. The largest absolute Gasteiger partial charge is 0.507 e. The van der Waals surface area contributed by atoms with Gasteiger partial charge in [-0.15, -0.1) is 0 Å². The van der Waals surface area contributed by atoms with Gasteiger partial charge in [0.05, 0.1) is 12.2 Å². The molecule has 110 valence electrons. The maximum absolute atomic E-state index is 11.7. The fraction of sp³-hybridized carbons (Fsp3) is 0.267. The fourth-order valence-corrected chi connectivity index (χ4v) is 1.41. The monoisotopic (exact) mass is 289 g/mol. The van der Waals surface area contributed by atoms with Gasteiger partial charge in [0.1, 0.15) is 17.4 Å². The Morgan fingerprint density at radius 3 is 2.57 bits per heavy atom. The molecule has 0 bridgehead atoms. The van der Waals surface area contributed by atoms with Crippen LogP contribution in [0.15, 0.2) is 23.8 Å². The number of hydrogen-bond donors (Lipinski definition) is 2. The van der Waals surface area contributed by atoms with E-state index in [0.717, 1.165) is 12.1 Å². The summed E-state index contributed by atoms with van der Waals surface area (Å²) in [6.07, 6.45) is 1.16. The van der Waals surface area contributed by atoms with Gasteiger partial charge in [-0.1, -0.05) is 19.9 Å². The number of carbonyl (C=O) groups is 2. The lowest BCUT2D eigenvalue weighted by molar-refractivity contribution is -0.139. The zero-order chi connectivity index (χ0) is 16.0. The highest BCUT2D eigenvalue weighted by Gasteiger charge is 2.13. The van der Waals surface area contributed by atoms with Gasteiger partial charge in [-0.25, -0.2) is 9.59 Å². The molecule has 0 atom stereocenters. The van der Waals surface area contributed by atoms with Crippen molar-refractivity contribution < 1.29 is 24.5 Å². The second kappa shape index (κ2) is 7.10. The number of phenolic OH excluding ortho intramolecular Hbond substituents is 1. The van der Waals surface area contributed by atoms with Crippen molar-refractivity contribution in [3.8, 4) is 11.8 Å². The van der Waals surface area contributed by atoms with Crippen molar-refractivity contribution in [2.24, 2.45) is 5.92 Å². The minimum Gasteiger partial charge on any atom is -0.507 e. The van der Waals surface area contributed by atoms with E-state index in [2.05, 4.69) is 0 Å². The fourth-order valence-electron chi connectivity index (χ4n) is 1.41. The average molecular weight is 289 g/mol. The Hall–Kier alpha value is -2.81. The third-order valence-corrected chi connectivity index (χ3v) is 2.47. The summed E-state index contributed by atoms with van der Waals surface area (Å²) < 4.78 is 4.93. The molecule has 1 rings (SSSR count). The number of esters is 1. The predicted molar refractivity (Wildman–Crippen MR) is 74.5 cm³/mol. The van der Waals surface area contributed by atoms with Crippen molar-refractivity contribution in [3.05, 3.63) is 34.9 Å². The Labute approximate surface area is 121 Å². The highest BCUT2D eigenvalue weighted by atomic mass is 16.5. The van der Waals surface area contributed by atoms with Crippen LogP contribution in [0.5, 0.6) is 5.75 Å². The van der Waals surface area contributed by atoms with Crippen LogP contribution >= 0.6 is 0 Å². The van der Waals surface area contributed by atoms with Crippen LogP contribution in [-0.4, -0.2) is 28.8 Å². The topological polar surface area (TPSA) is 108 Å². The first-order valence-electron chi connectivity index (χ1n) is 6.20. The van der Waals surface area contributed by atoms with Crippen LogP contribution in [-0.2, 0) is 9.53 Å². The molecule has 0 fully saturated rings. The van der Waals surface area contributed by atoms with Crippen molar-refractivity contribution >= 4 is 18.0 Å². The first-order chi connectivity index (χ1) is 9.85. The number of aromatic hydroxyl groups is 1. The number of carboxylic acids is 1. The maximum Gasteiger partial charge on any atom is 0.348 e. The molecule has 0 aliphatic carbocycles. The Morgan fingerprint density at radius 1 is 1.43 bits per heavy atom. The number of rotatable bonds is 5. The van der Waals surface area contributed by atoms with E-state index in [9.17, 15) is 14.7 Å². The molecule has 0 aromatic heterocycles. The molecular formula is C15H15NO5. The summed E-state index contributed by atoms with van der Waals surface area (Å²) in [5, 5.41) is 27.5. The third kappa shape index (κ3) is 4.66. The van der Waals surface area contributed by atoms with Gasteiger partial charge in [-0.2, -0.15) is 5.26 Å². The molecule has 6 nitrogen and oxygen atoms in total. The summed E-state index contributed by atoms with van der Waals surface area (Å²) in [4.78, 5) is 22.4. The van der Waals surface area contributed by atoms with Crippen LogP contribution in [0.2, 0.25) is 0 Å². The highest BCUT2D eigenvalue weighted by molar-refractivity contribution is 5.98. The molecule has 0 unspecified atom stereocenters. The van der Waals surface area contributed by atoms with Gasteiger partial charge in [-0.05, 0) is 24.1 Å². The van der Waals surface area contributed by atoms with Gasteiger partial charge in [0.25, 0.3) is 0 Å². The number of phenols is 1. The van der Waals surface area contributed by atoms with Gasteiger partial charge in [0, 0.05) is 5.56 Å². The molecule has 21 heavy (non-hydrogen) atoms. The zero-order valence-electron chi connectivity index (χ0n) is 11.7. The minimum atomic E-state index is -1.18. The van der Waals surface area contributed by atoms with E-state index in [1.165, 1.54) is 12.1 Å². The van der Waals surface area contributed by atoms with E-state index in [-0.39, 0.29) is 35.0 Å². The van der Waals surface area contributed by atoms with Gasteiger partial charge in [-0.3, -0.25) is 0 Å². The lowest BCUT2D eigenvalue weighted by Crippen LogP contribution is -2.11. The normalized spacial score (nSPS) is 11.0. The number of hydrogen-bond acceptors (Lipinski definition) is 5. The molecule has 0 amide bonds. The number of ether oxygens (including phenoxy) is 1. The Bertz CT molecular complexity index is 625. The van der Waals surface area contributed by atoms with E-state index in [1.807, 2.05) is 13.8 Å². The molecule has 0 saturated carbocycles. The second-order valence-corrected chi connectivity index (χ2v) is 4.74. The number of aromatic carboxylic acids is 1. The molecule has 0 aliphatic heterocycles. The van der Waals surface area contributed by atoms with Gasteiger partial charge < -0.3 is 14.9 Å². The van der Waals surface area contributed by atoms with E-state index >= 15 is 0 Å². The van der Waals surface area contributed by atoms with Crippen molar-refractivity contribution in [2.75, 3.05) is 6.61 Å². The summed E-state index contributed by atoms with van der Waals surface area (Å²) in [5.41, 5.74) is -0.197. The molecule has 1 aromatic rings. The van der Waals surface area contributed by atoms with E-state index in [1.54, 1.807) is 6.07 Å². The number of carboxylic acid groups (broad SMARTS) is 1. The molecule has 0 spiro atoms. The van der Waals surface area contributed by atoms with Crippen molar-refractivity contribution in [1.82, 2.24) is 0 Å². The summed E-state index contributed by atoms with van der Waals surface area (Å²) >= 11 is 0. The lowest BCUT2D eigenvalue weighted by atomic mass is 10.1. The van der Waals surface area contributed by atoms with Crippen molar-refractivity contribution in [3.63, 3.8) is 0 Å². The first kappa shape index (κ1) is 16.2. The molecule has 1 aromatic carbocycles. The van der Waals surface area contributed by atoms with Crippen LogP contribution in [0.1, 0.15) is 29.8 Å². The number of nitriles is 1. The summed E-state index contributed by atoms with van der Waals surface area (Å²) in [6, 6.07) is 5.32. The molecule has 0 heterocycles. The summed E-state index contributed by atoms with van der Waals surface area (Å²) in [5.74, 6) is -2.16. The SMILES string of the molecule is CC(C)COC(=O)C(C#N)=Cc1ccc(C(=O)O)cc1O.